The quantitative estimate of drug-likeness (QED) is 0.770. The normalized spacial score (nSPS) is 22.7. The second-order valence-electron chi connectivity index (χ2n) is 6.52. The first kappa shape index (κ1) is 15.8. The number of nitrogens with zero attached hydrogens (tertiary/aromatic N) is 1. The highest BCUT2D eigenvalue weighted by Crippen LogP contribution is 2.22. The zero-order valence-corrected chi connectivity index (χ0v) is 11.6. The second kappa shape index (κ2) is 6.24. The van der Waals surface area contributed by atoms with Crippen LogP contribution in [-0.2, 0) is 0 Å². The van der Waals surface area contributed by atoms with Crippen LogP contribution in [-0.4, -0.2) is 43.8 Å². The Morgan fingerprint density at radius 2 is 1.89 bits per heavy atom. The van der Waals surface area contributed by atoms with Gasteiger partial charge in [0.25, 0.3) is 0 Å². The van der Waals surface area contributed by atoms with Gasteiger partial charge in [0.2, 0.25) is 0 Å². The first-order valence-corrected chi connectivity index (χ1v) is 6.65. The average Bonchev–Trinajstić information content (AvgIpc) is 2.56. The summed E-state index contributed by atoms with van der Waals surface area (Å²) >= 11 is 0. The summed E-state index contributed by atoms with van der Waals surface area (Å²) < 4.78 is 36.6. The number of halogens is 3. The fourth-order valence-corrected chi connectivity index (χ4v) is 2.25. The molecule has 0 amide bonds. The van der Waals surface area contributed by atoms with Crippen molar-refractivity contribution in [1.82, 2.24) is 10.2 Å². The van der Waals surface area contributed by atoms with Crippen molar-refractivity contribution in [2.45, 2.75) is 39.8 Å². The first-order valence-electron chi connectivity index (χ1n) is 6.65. The topological polar surface area (TPSA) is 15.3 Å². The van der Waals surface area contributed by atoms with Gasteiger partial charge in [-0.2, -0.15) is 13.2 Å². The van der Waals surface area contributed by atoms with E-state index in [-0.39, 0.29) is 0 Å². The van der Waals surface area contributed by atoms with E-state index in [0.717, 1.165) is 25.9 Å². The summed E-state index contributed by atoms with van der Waals surface area (Å²) in [6.07, 6.45) is -2.10. The third-order valence-corrected chi connectivity index (χ3v) is 3.26. The molecule has 108 valence electrons. The number of hydrogen-bond acceptors (Lipinski definition) is 2. The van der Waals surface area contributed by atoms with Crippen LogP contribution < -0.4 is 5.32 Å². The number of rotatable bonds is 5. The van der Waals surface area contributed by atoms with E-state index in [1.807, 2.05) is 0 Å². The van der Waals surface area contributed by atoms with Gasteiger partial charge >= 0.3 is 6.18 Å². The number of hydrogen-bond donors (Lipinski definition) is 1. The highest BCUT2D eigenvalue weighted by atomic mass is 19.4. The van der Waals surface area contributed by atoms with Crippen LogP contribution in [0.5, 0.6) is 0 Å². The molecule has 18 heavy (non-hydrogen) atoms. The van der Waals surface area contributed by atoms with E-state index >= 15 is 0 Å². The summed E-state index contributed by atoms with van der Waals surface area (Å²) in [7, 11) is 0. The molecule has 0 aliphatic carbocycles. The van der Waals surface area contributed by atoms with E-state index in [1.54, 1.807) is 0 Å². The second-order valence-corrected chi connectivity index (χ2v) is 6.52. The third kappa shape index (κ3) is 7.21. The maximum absolute atomic E-state index is 12.2. The van der Waals surface area contributed by atoms with Crippen molar-refractivity contribution in [2.75, 3.05) is 32.7 Å². The van der Waals surface area contributed by atoms with Crippen LogP contribution in [0.15, 0.2) is 0 Å². The highest BCUT2D eigenvalue weighted by Gasteiger charge is 2.34. The van der Waals surface area contributed by atoms with Crippen molar-refractivity contribution < 1.29 is 13.2 Å². The van der Waals surface area contributed by atoms with Crippen LogP contribution in [0.3, 0.4) is 0 Å². The summed E-state index contributed by atoms with van der Waals surface area (Å²) in [5.74, 6) is 0.368. The van der Waals surface area contributed by atoms with E-state index in [1.165, 1.54) is 4.90 Å². The zero-order chi connectivity index (χ0) is 13.8. The third-order valence-electron chi connectivity index (χ3n) is 3.26. The minimum absolute atomic E-state index is 0.311. The number of likely N-dealkylation sites (tertiary alicyclic amines) is 1. The van der Waals surface area contributed by atoms with Crippen LogP contribution >= 0.6 is 0 Å². The monoisotopic (exact) mass is 266 g/mol. The molecule has 0 aromatic rings. The zero-order valence-electron chi connectivity index (χ0n) is 11.6. The largest absolute Gasteiger partial charge is 0.401 e. The standard InChI is InChI=1S/C13H25F3N2/c1-12(2,3)5-6-17-8-11-4-7-18(9-11)10-13(14,15)16/h11,17H,4-10H2,1-3H3. The summed E-state index contributed by atoms with van der Waals surface area (Å²) in [4.78, 5) is 1.51. The Labute approximate surface area is 108 Å². The minimum Gasteiger partial charge on any atom is -0.316 e. The molecule has 1 rings (SSSR count). The summed E-state index contributed by atoms with van der Waals surface area (Å²) in [6.45, 7) is 8.74. The highest BCUT2D eigenvalue weighted by molar-refractivity contribution is 4.79. The Balaban J connectivity index is 2.12. The molecule has 1 saturated heterocycles. The molecule has 1 aliphatic heterocycles. The smallest absolute Gasteiger partial charge is 0.316 e. The molecule has 0 spiro atoms. The van der Waals surface area contributed by atoms with Gasteiger partial charge in [0.1, 0.15) is 0 Å². The summed E-state index contributed by atoms with van der Waals surface area (Å²) in [6, 6.07) is 0. The molecular formula is C13H25F3N2. The molecule has 1 N–H and O–H groups in total. The lowest BCUT2D eigenvalue weighted by molar-refractivity contribution is -0.143. The molecule has 1 fully saturated rings. The Morgan fingerprint density at radius 1 is 1.22 bits per heavy atom. The van der Waals surface area contributed by atoms with Crippen LogP contribution in [0.25, 0.3) is 0 Å². The minimum atomic E-state index is -4.06. The van der Waals surface area contributed by atoms with Gasteiger partial charge in [-0.05, 0) is 43.8 Å². The first-order chi connectivity index (χ1) is 8.16. The van der Waals surface area contributed by atoms with Gasteiger partial charge in [-0.1, -0.05) is 20.8 Å². The Bertz CT molecular complexity index is 246. The van der Waals surface area contributed by atoms with Crippen LogP contribution in [0, 0.1) is 11.3 Å². The maximum atomic E-state index is 12.2. The van der Waals surface area contributed by atoms with E-state index in [2.05, 4.69) is 26.1 Å². The predicted molar refractivity (Wildman–Crippen MR) is 67.5 cm³/mol. The molecule has 0 radical (unpaired) electrons. The van der Waals surface area contributed by atoms with Gasteiger partial charge in [0, 0.05) is 6.54 Å². The number of nitrogens with one attached hydrogen (secondary N) is 1. The van der Waals surface area contributed by atoms with Crippen molar-refractivity contribution in [3.05, 3.63) is 0 Å². The van der Waals surface area contributed by atoms with Crippen LogP contribution in [0.1, 0.15) is 33.6 Å². The fraction of sp³-hybridized carbons (Fsp3) is 1.00. The lowest BCUT2D eigenvalue weighted by atomic mass is 9.92. The van der Waals surface area contributed by atoms with Gasteiger partial charge < -0.3 is 5.32 Å². The van der Waals surface area contributed by atoms with Crippen molar-refractivity contribution in [3.63, 3.8) is 0 Å². The summed E-state index contributed by atoms with van der Waals surface area (Å²) in [5.41, 5.74) is 0.311. The van der Waals surface area contributed by atoms with Crippen molar-refractivity contribution in [3.8, 4) is 0 Å². The predicted octanol–water partition coefficient (Wildman–Crippen LogP) is 2.90. The fourth-order valence-electron chi connectivity index (χ4n) is 2.25. The SMILES string of the molecule is CC(C)(C)CCNCC1CCN(CC(F)(F)F)C1. The van der Waals surface area contributed by atoms with Crippen LogP contribution in [0.2, 0.25) is 0 Å². The molecular weight excluding hydrogens is 241 g/mol. The Hall–Kier alpha value is -0.290. The molecule has 1 atom stereocenters. The van der Waals surface area contributed by atoms with Crippen LogP contribution in [0.4, 0.5) is 13.2 Å². The molecule has 1 aliphatic rings. The van der Waals surface area contributed by atoms with E-state index < -0.39 is 12.7 Å². The Kier molecular flexibility index (Phi) is 5.46. The van der Waals surface area contributed by atoms with Crippen molar-refractivity contribution >= 4 is 0 Å². The lowest BCUT2D eigenvalue weighted by Gasteiger charge is -2.20. The van der Waals surface area contributed by atoms with Gasteiger partial charge in [-0.25, -0.2) is 0 Å². The molecule has 1 unspecified atom stereocenters. The molecule has 0 aromatic heterocycles. The van der Waals surface area contributed by atoms with E-state index in [4.69, 9.17) is 0 Å². The molecule has 0 aromatic carbocycles. The maximum Gasteiger partial charge on any atom is 0.401 e. The van der Waals surface area contributed by atoms with Gasteiger partial charge in [-0.3, -0.25) is 4.90 Å². The van der Waals surface area contributed by atoms with E-state index in [0.29, 0.717) is 24.4 Å². The van der Waals surface area contributed by atoms with Crippen molar-refractivity contribution in [1.29, 1.82) is 0 Å². The van der Waals surface area contributed by atoms with Gasteiger partial charge in [0.15, 0.2) is 0 Å². The molecule has 0 saturated carbocycles. The van der Waals surface area contributed by atoms with Gasteiger partial charge in [-0.15, -0.1) is 0 Å². The number of alkyl halides is 3. The summed E-state index contributed by atoms with van der Waals surface area (Å²) in [5, 5.41) is 3.36. The molecule has 5 heteroatoms. The Morgan fingerprint density at radius 3 is 2.44 bits per heavy atom. The molecule has 0 bridgehead atoms. The average molecular weight is 266 g/mol. The lowest BCUT2D eigenvalue weighted by Crippen LogP contribution is -2.34. The molecule has 1 heterocycles. The van der Waals surface area contributed by atoms with Crippen molar-refractivity contribution in [2.24, 2.45) is 11.3 Å². The van der Waals surface area contributed by atoms with Gasteiger partial charge in [0.05, 0.1) is 6.54 Å². The van der Waals surface area contributed by atoms with E-state index in [9.17, 15) is 13.2 Å². The molecule has 2 nitrogen and oxygen atoms in total.